The second-order valence-corrected chi connectivity index (χ2v) is 12.0. The first-order valence-electron chi connectivity index (χ1n) is 12.9. The summed E-state index contributed by atoms with van der Waals surface area (Å²) in [6.07, 6.45) is 2.43. The zero-order valence-electron chi connectivity index (χ0n) is 21.7. The molecular weight excluding hydrogens is 489 g/mol. The predicted octanol–water partition coefficient (Wildman–Crippen LogP) is 6.59. The first-order chi connectivity index (χ1) is 17.7. The summed E-state index contributed by atoms with van der Waals surface area (Å²) in [6.45, 7) is 9.41. The molecule has 3 heterocycles. The number of ether oxygens (including phenoxy) is 3. The Labute approximate surface area is 222 Å². The lowest BCUT2D eigenvalue weighted by Crippen LogP contribution is -2.44. The van der Waals surface area contributed by atoms with Crippen LogP contribution in [-0.2, 0) is 21.6 Å². The fourth-order valence-corrected chi connectivity index (χ4v) is 5.95. The summed E-state index contributed by atoms with van der Waals surface area (Å²) < 4.78 is 31.7. The van der Waals surface area contributed by atoms with Gasteiger partial charge in [-0.1, -0.05) is 24.3 Å². The number of carbonyl (C=O) groups excluding carboxylic acids is 1. The van der Waals surface area contributed by atoms with Crippen LogP contribution in [0.25, 0.3) is 11.1 Å². The van der Waals surface area contributed by atoms with Crippen molar-refractivity contribution in [3.8, 4) is 22.6 Å². The monoisotopic (exact) mass is 523 g/mol. The first-order valence-corrected chi connectivity index (χ1v) is 13.8. The van der Waals surface area contributed by atoms with E-state index in [-0.39, 0.29) is 17.2 Å². The van der Waals surface area contributed by atoms with Gasteiger partial charge in [-0.05, 0) is 75.8 Å². The van der Waals surface area contributed by atoms with Gasteiger partial charge in [-0.25, -0.2) is 4.39 Å². The van der Waals surface area contributed by atoms with E-state index in [1.165, 1.54) is 11.6 Å². The number of likely N-dealkylation sites (tertiary alicyclic amines) is 1. The van der Waals surface area contributed by atoms with Crippen molar-refractivity contribution in [3.05, 3.63) is 70.2 Å². The van der Waals surface area contributed by atoms with E-state index in [0.717, 1.165) is 54.4 Å². The van der Waals surface area contributed by atoms with Crippen molar-refractivity contribution in [2.45, 2.75) is 57.7 Å². The molecule has 0 aliphatic carbocycles. The molecule has 0 bridgehead atoms. The summed E-state index contributed by atoms with van der Waals surface area (Å²) in [5, 5.41) is 1.96. The van der Waals surface area contributed by atoms with Gasteiger partial charge in [0.25, 0.3) is 0 Å². The number of nitrogens with zero attached hydrogens (tertiary/aromatic N) is 1. The highest BCUT2D eigenvalue weighted by molar-refractivity contribution is 7.10. The molecule has 196 valence electrons. The highest BCUT2D eigenvalue weighted by atomic mass is 32.1. The molecule has 5 nitrogen and oxygen atoms in total. The SMILES string of the molecule is CC(C)(C)OC(=O)CCN1CCC2(CC1)COc1cc(OCc3cc(-c4ccccc4F)cs3)ccc12. The van der Waals surface area contributed by atoms with E-state index in [9.17, 15) is 9.18 Å². The fourth-order valence-electron chi connectivity index (χ4n) is 5.15. The minimum Gasteiger partial charge on any atom is -0.492 e. The molecule has 1 fully saturated rings. The molecule has 0 N–H and O–H groups in total. The molecule has 1 aromatic heterocycles. The Balaban J connectivity index is 1.15. The molecule has 2 aromatic carbocycles. The standard InChI is InChI=1S/C30H34FNO4S/c1-29(2,3)36-28(33)10-13-32-14-11-30(12-15-32)20-35-27-17-22(8-9-25(27)30)34-18-23-16-21(19-37-23)24-6-4-5-7-26(24)31/h4-9,16-17,19H,10-15,18,20H2,1-3H3. The molecule has 1 saturated heterocycles. The van der Waals surface area contributed by atoms with E-state index in [1.54, 1.807) is 23.5 Å². The maximum atomic E-state index is 14.1. The Morgan fingerprint density at radius 2 is 1.92 bits per heavy atom. The van der Waals surface area contributed by atoms with Gasteiger partial charge >= 0.3 is 5.97 Å². The van der Waals surface area contributed by atoms with E-state index in [2.05, 4.69) is 11.0 Å². The topological polar surface area (TPSA) is 48.0 Å². The molecule has 37 heavy (non-hydrogen) atoms. The summed E-state index contributed by atoms with van der Waals surface area (Å²) in [5.74, 6) is 1.32. The van der Waals surface area contributed by atoms with Gasteiger partial charge in [0, 0.05) is 34.0 Å². The first kappa shape index (κ1) is 25.7. The lowest BCUT2D eigenvalue weighted by molar-refractivity contribution is -0.155. The number of rotatable bonds is 7. The van der Waals surface area contributed by atoms with E-state index in [1.807, 2.05) is 50.4 Å². The highest BCUT2D eigenvalue weighted by Crippen LogP contribution is 2.46. The number of esters is 1. The van der Waals surface area contributed by atoms with E-state index >= 15 is 0 Å². The van der Waals surface area contributed by atoms with Crippen molar-refractivity contribution in [3.63, 3.8) is 0 Å². The molecule has 2 aliphatic rings. The third-order valence-electron chi connectivity index (χ3n) is 7.11. The highest BCUT2D eigenvalue weighted by Gasteiger charge is 2.43. The summed E-state index contributed by atoms with van der Waals surface area (Å²) in [7, 11) is 0. The Kier molecular flexibility index (Phi) is 7.28. The molecule has 7 heteroatoms. The van der Waals surface area contributed by atoms with Crippen molar-refractivity contribution in [1.29, 1.82) is 0 Å². The number of halogens is 1. The third-order valence-corrected chi connectivity index (χ3v) is 8.02. The van der Waals surface area contributed by atoms with E-state index in [0.29, 0.717) is 25.2 Å². The second-order valence-electron chi connectivity index (χ2n) is 11.0. The average Bonchev–Trinajstić information content (AvgIpc) is 3.47. The Morgan fingerprint density at radius 1 is 1.14 bits per heavy atom. The van der Waals surface area contributed by atoms with Crippen molar-refractivity contribution in [2.24, 2.45) is 0 Å². The number of hydrogen-bond donors (Lipinski definition) is 0. The number of hydrogen-bond acceptors (Lipinski definition) is 6. The van der Waals surface area contributed by atoms with Gasteiger partial charge in [-0.15, -0.1) is 11.3 Å². The van der Waals surface area contributed by atoms with E-state index in [4.69, 9.17) is 14.2 Å². The maximum absolute atomic E-state index is 14.1. The predicted molar refractivity (Wildman–Crippen MR) is 144 cm³/mol. The van der Waals surface area contributed by atoms with Gasteiger partial charge in [0.1, 0.15) is 29.5 Å². The zero-order chi connectivity index (χ0) is 26.0. The largest absolute Gasteiger partial charge is 0.492 e. The van der Waals surface area contributed by atoms with E-state index < -0.39 is 5.60 Å². The molecule has 0 saturated carbocycles. The molecule has 1 spiro atoms. The quantitative estimate of drug-likeness (QED) is 0.327. The molecule has 2 aliphatic heterocycles. The third kappa shape index (κ3) is 5.99. The molecular formula is C30H34FNO4S. The zero-order valence-corrected chi connectivity index (χ0v) is 22.5. The lowest BCUT2D eigenvalue weighted by atomic mass is 9.74. The second kappa shape index (κ2) is 10.5. The molecule has 0 unspecified atom stereocenters. The fraction of sp³-hybridized carbons (Fsp3) is 0.433. The van der Waals surface area contributed by atoms with Crippen LogP contribution in [0.3, 0.4) is 0 Å². The van der Waals surface area contributed by atoms with Crippen LogP contribution in [0.4, 0.5) is 4.39 Å². The summed E-state index contributed by atoms with van der Waals surface area (Å²) in [4.78, 5) is 15.5. The van der Waals surface area contributed by atoms with Gasteiger partial charge in [0.05, 0.1) is 13.0 Å². The van der Waals surface area contributed by atoms with Crippen LogP contribution in [0, 0.1) is 5.82 Å². The summed E-state index contributed by atoms with van der Waals surface area (Å²) in [6, 6.07) is 15.0. The molecule has 3 aromatic rings. The number of benzene rings is 2. The minimum absolute atomic E-state index is 0.0265. The maximum Gasteiger partial charge on any atom is 0.307 e. The number of piperidine rings is 1. The van der Waals surface area contributed by atoms with Crippen LogP contribution in [0.15, 0.2) is 53.9 Å². The molecule has 0 atom stereocenters. The number of carbonyl (C=O) groups is 1. The van der Waals surface area contributed by atoms with Gasteiger partial charge in [-0.3, -0.25) is 4.79 Å². The minimum atomic E-state index is -0.440. The lowest BCUT2D eigenvalue weighted by Gasteiger charge is -2.38. The van der Waals surface area contributed by atoms with Crippen molar-refractivity contribution in [1.82, 2.24) is 4.90 Å². The Hall–Kier alpha value is -2.90. The number of thiophene rings is 1. The van der Waals surface area contributed by atoms with Gasteiger partial charge < -0.3 is 19.1 Å². The molecule has 0 radical (unpaired) electrons. The van der Waals surface area contributed by atoms with Crippen LogP contribution in [-0.4, -0.2) is 42.7 Å². The van der Waals surface area contributed by atoms with Crippen LogP contribution < -0.4 is 9.47 Å². The van der Waals surface area contributed by atoms with Gasteiger partial charge in [0.2, 0.25) is 0 Å². The summed E-state index contributed by atoms with van der Waals surface area (Å²) in [5.41, 5.74) is 2.32. The Morgan fingerprint density at radius 3 is 2.68 bits per heavy atom. The Bertz CT molecular complexity index is 1260. The van der Waals surface area contributed by atoms with Crippen LogP contribution >= 0.6 is 11.3 Å². The summed E-state index contributed by atoms with van der Waals surface area (Å²) >= 11 is 1.57. The van der Waals surface area contributed by atoms with Crippen LogP contribution in [0.5, 0.6) is 11.5 Å². The average molecular weight is 524 g/mol. The molecule has 5 rings (SSSR count). The van der Waals surface area contributed by atoms with Gasteiger partial charge in [-0.2, -0.15) is 0 Å². The number of fused-ring (bicyclic) bond motifs is 2. The normalized spacial score (nSPS) is 16.9. The van der Waals surface area contributed by atoms with Crippen molar-refractivity contribution < 1.29 is 23.4 Å². The smallest absolute Gasteiger partial charge is 0.307 e. The van der Waals surface area contributed by atoms with Crippen molar-refractivity contribution >= 4 is 17.3 Å². The molecule has 0 amide bonds. The van der Waals surface area contributed by atoms with Crippen LogP contribution in [0.1, 0.15) is 50.5 Å². The van der Waals surface area contributed by atoms with Crippen molar-refractivity contribution in [2.75, 3.05) is 26.2 Å². The van der Waals surface area contributed by atoms with Gasteiger partial charge in [0.15, 0.2) is 0 Å². The van der Waals surface area contributed by atoms with Crippen LogP contribution in [0.2, 0.25) is 0 Å².